The number of carbonyl (C=O) groups excluding carboxylic acids is 3. The summed E-state index contributed by atoms with van der Waals surface area (Å²) in [4.78, 5) is 38.1. The van der Waals surface area contributed by atoms with E-state index in [9.17, 15) is 14.4 Å². The van der Waals surface area contributed by atoms with E-state index in [1.807, 2.05) is 0 Å². The molecule has 0 spiro atoms. The van der Waals surface area contributed by atoms with Gasteiger partial charge in [0.1, 0.15) is 13.2 Å². The molecular formula is C63H120O6. The standard InChI is InChI=1S/C63H120O6/c1-4-7-10-13-16-19-21-23-25-27-29-30-31-32-33-34-35-37-38-40-42-44-47-50-53-56-62(65)68-59-60(58-67-61(64)55-52-49-46-18-15-12-9-6-3)69-63(66)57-54-51-48-45-43-41-39-36-28-26-24-22-20-17-14-11-8-5-2/h27,29,60H,4-26,28,30-59H2,1-3H3/b29-27-. The van der Waals surface area contributed by atoms with Crippen molar-refractivity contribution in [1.82, 2.24) is 0 Å². The fourth-order valence-corrected chi connectivity index (χ4v) is 9.56. The van der Waals surface area contributed by atoms with Crippen molar-refractivity contribution in [1.29, 1.82) is 0 Å². The molecule has 0 bridgehead atoms. The molecule has 6 nitrogen and oxygen atoms in total. The zero-order valence-corrected chi connectivity index (χ0v) is 46.9. The Morgan fingerprint density at radius 3 is 0.725 bits per heavy atom. The van der Waals surface area contributed by atoms with E-state index < -0.39 is 6.10 Å². The molecule has 0 fully saturated rings. The summed E-state index contributed by atoms with van der Waals surface area (Å²) >= 11 is 0. The van der Waals surface area contributed by atoms with Crippen LogP contribution in [-0.4, -0.2) is 37.2 Å². The van der Waals surface area contributed by atoms with Gasteiger partial charge in [-0.15, -0.1) is 0 Å². The van der Waals surface area contributed by atoms with Crippen LogP contribution in [-0.2, 0) is 28.6 Å². The van der Waals surface area contributed by atoms with Gasteiger partial charge in [-0.1, -0.05) is 303 Å². The maximum absolute atomic E-state index is 12.8. The first-order chi connectivity index (χ1) is 34.0. The molecule has 0 aromatic heterocycles. The van der Waals surface area contributed by atoms with Gasteiger partial charge < -0.3 is 14.2 Å². The van der Waals surface area contributed by atoms with Crippen LogP contribution in [0.2, 0.25) is 0 Å². The van der Waals surface area contributed by atoms with Gasteiger partial charge >= 0.3 is 17.9 Å². The van der Waals surface area contributed by atoms with Gasteiger partial charge in [0, 0.05) is 19.3 Å². The molecular weight excluding hydrogens is 853 g/mol. The number of esters is 3. The number of hydrogen-bond donors (Lipinski definition) is 0. The lowest BCUT2D eigenvalue weighted by atomic mass is 10.0. The van der Waals surface area contributed by atoms with Crippen LogP contribution in [0.3, 0.4) is 0 Å². The summed E-state index contributed by atoms with van der Waals surface area (Å²) in [6.07, 6.45) is 68.1. The molecule has 0 rings (SSSR count). The van der Waals surface area contributed by atoms with E-state index in [0.717, 1.165) is 57.8 Å². The molecule has 0 saturated carbocycles. The maximum Gasteiger partial charge on any atom is 0.306 e. The molecule has 0 amide bonds. The molecule has 0 aromatic rings. The van der Waals surface area contributed by atoms with Crippen molar-refractivity contribution in [3.8, 4) is 0 Å². The largest absolute Gasteiger partial charge is 0.462 e. The van der Waals surface area contributed by atoms with Crippen molar-refractivity contribution in [2.24, 2.45) is 0 Å². The van der Waals surface area contributed by atoms with Crippen LogP contribution < -0.4 is 0 Å². The number of rotatable bonds is 58. The summed E-state index contributed by atoms with van der Waals surface area (Å²) < 4.78 is 16.9. The molecule has 6 heteroatoms. The number of allylic oxidation sites excluding steroid dienone is 2. The number of carbonyl (C=O) groups is 3. The van der Waals surface area contributed by atoms with E-state index in [0.29, 0.717) is 19.3 Å². The van der Waals surface area contributed by atoms with Crippen molar-refractivity contribution < 1.29 is 28.6 Å². The van der Waals surface area contributed by atoms with E-state index >= 15 is 0 Å². The van der Waals surface area contributed by atoms with Crippen molar-refractivity contribution in [3.63, 3.8) is 0 Å². The SMILES string of the molecule is CCCCCCCCCC/C=C\CCCCCCCCCCCCCCCC(=O)OCC(COC(=O)CCCCCCCCCC)OC(=O)CCCCCCCCCCCCCCCCCCCC. The van der Waals surface area contributed by atoms with Crippen LogP contribution in [0.15, 0.2) is 12.2 Å². The lowest BCUT2D eigenvalue weighted by Crippen LogP contribution is -2.30. The minimum atomic E-state index is -0.763. The first-order valence-electron chi connectivity index (χ1n) is 31.2. The number of hydrogen-bond acceptors (Lipinski definition) is 6. The molecule has 0 saturated heterocycles. The summed E-state index contributed by atoms with van der Waals surface area (Å²) in [6, 6.07) is 0. The molecule has 0 N–H and O–H groups in total. The van der Waals surface area contributed by atoms with Gasteiger partial charge in [-0.25, -0.2) is 0 Å². The Morgan fingerprint density at radius 1 is 0.275 bits per heavy atom. The minimum Gasteiger partial charge on any atom is -0.462 e. The van der Waals surface area contributed by atoms with Crippen LogP contribution in [0.4, 0.5) is 0 Å². The quantitative estimate of drug-likeness (QED) is 0.0261. The van der Waals surface area contributed by atoms with Gasteiger partial charge in [0.05, 0.1) is 0 Å². The summed E-state index contributed by atoms with van der Waals surface area (Å²) in [7, 11) is 0. The van der Waals surface area contributed by atoms with Gasteiger partial charge in [-0.2, -0.15) is 0 Å². The number of ether oxygens (including phenoxy) is 3. The van der Waals surface area contributed by atoms with Crippen LogP contribution in [0.1, 0.15) is 355 Å². The Hall–Kier alpha value is -1.85. The van der Waals surface area contributed by atoms with Crippen LogP contribution in [0.5, 0.6) is 0 Å². The van der Waals surface area contributed by atoms with Gasteiger partial charge in [0.15, 0.2) is 6.10 Å². The molecule has 0 aliphatic heterocycles. The fraction of sp³-hybridized carbons (Fsp3) is 0.921. The molecule has 408 valence electrons. The van der Waals surface area contributed by atoms with Gasteiger partial charge in [-0.05, 0) is 44.9 Å². The Bertz CT molecular complexity index is 1070. The molecule has 1 unspecified atom stereocenters. The molecule has 0 aliphatic carbocycles. The predicted molar refractivity (Wildman–Crippen MR) is 298 cm³/mol. The van der Waals surface area contributed by atoms with Crippen molar-refractivity contribution in [2.45, 2.75) is 361 Å². The van der Waals surface area contributed by atoms with Crippen LogP contribution >= 0.6 is 0 Å². The van der Waals surface area contributed by atoms with Gasteiger partial charge in [0.2, 0.25) is 0 Å². The third kappa shape index (κ3) is 56.9. The highest BCUT2D eigenvalue weighted by atomic mass is 16.6. The summed E-state index contributed by atoms with van der Waals surface area (Å²) in [6.45, 7) is 6.68. The molecule has 0 heterocycles. The molecule has 0 aromatic carbocycles. The van der Waals surface area contributed by atoms with Crippen LogP contribution in [0.25, 0.3) is 0 Å². The second kappa shape index (κ2) is 58.7. The minimum absolute atomic E-state index is 0.0640. The fourth-order valence-electron chi connectivity index (χ4n) is 9.56. The van der Waals surface area contributed by atoms with E-state index in [2.05, 4.69) is 32.9 Å². The third-order valence-electron chi connectivity index (χ3n) is 14.3. The molecule has 0 radical (unpaired) electrons. The highest BCUT2D eigenvalue weighted by Gasteiger charge is 2.19. The smallest absolute Gasteiger partial charge is 0.306 e. The maximum atomic E-state index is 12.8. The first-order valence-corrected chi connectivity index (χ1v) is 31.2. The first kappa shape index (κ1) is 67.1. The monoisotopic (exact) mass is 973 g/mol. The van der Waals surface area contributed by atoms with E-state index in [1.165, 1.54) is 257 Å². The van der Waals surface area contributed by atoms with Crippen molar-refractivity contribution >= 4 is 17.9 Å². The topological polar surface area (TPSA) is 78.9 Å². The van der Waals surface area contributed by atoms with Crippen molar-refractivity contribution in [3.05, 3.63) is 12.2 Å². The third-order valence-corrected chi connectivity index (χ3v) is 14.3. The Balaban J connectivity index is 4.10. The summed E-state index contributed by atoms with van der Waals surface area (Å²) in [5, 5.41) is 0. The van der Waals surface area contributed by atoms with Gasteiger partial charge in [0.25, 0.3) is 0 Å². The zero-order chi connectivity index (χ0) is 50.0. The normalized spacial score (nSPS) is 12.0. The van der Waals surface area contributed by atoms with Crippen LogP contribution in [0, 0.1) is 0 Å². The summed E-state index contributed by atoms with van der Waals surface area (Å²) in [5.41, 5.74) is 0. The highest BCUT2D eigenvalue weighted by molar-refractivity contribution is 5.71. The van der Waals surface area contributed by atoms with Gasteiger partial charge in [-0.3, -0.25) is 14.4 Å². The Kier molecular flexibility index (Phi) is 57.1. The zero-order valence-electron chi connectivity index (χ0n) is 46.9. The van der Waals surface area contributed by atoms with E-state index in [4.69, 9.17) is 14.2 Å². The average molecular weight is 974 g/mol. The van der Waals surface area contributed by atoms with E-state index in [1.54, 1.807) is 0 Å². The van der Waals surface area contributed by atoms with E-state index in [-0.39, 0.29) is 31.1 Å². The van der Waals surface area contributed by atoms with Crippen molar-refractivity contribution in [2.75, 3.05) is 13.2 Å². The molecule has 1 atom stereocenters. The second-order valence-electron chi connectivity index (χ2n) is 21.3. The predicted octanol–water partition coefficient (Wildman–Crippen LogP) is 20.9. The Labute approximate surface area is 431 Å². The lowest BCUT2D eigenvalue weighted by molar-refractivity contribution is -0.167. The highest BCUT2D eigenvalue weighted by Crippen LogP contribution is 2.18. The molecule has 0 aliphatic rings. The number of unbranched alkanes of at least 4 members (excludes halogenated alkanes) is 45. The average Bonchev–Trinajstić information content (AvgIpc) is 3.35. The lowest BCUT2D eigenvalue weighted by Gasteiger charge is -2.18. The second-order valence-corrected chi connectivity index (χ2v) is 21.3. The Morgan fingerprint density at radius 2 is 0.478 bits per heavy atom. The molecule has 69 heavy (non-hydrogen) atoms. The summed E-state index contributed by atoms with van der Waals surface area (Å²) in [5.74, 6) is -0.842.